The minimum absolute atomic E-state index is 0.00303. The number of methoxy groups -OCH3 is 1. The summed E-state index contributed by atoms with van der Waals surface area (Å²) in [7, 11) is 1.36. The average molecular weight is 489 g/mol. The molecular formula is C23H18F3N3O6. The highest BCUT2D eigenvalue weighted by Gasteiger charge is 2.30. The number of benzene rings is 2. The number of carbonyl (C=O) groups is 3. The fourth-order valence-electron chi connectivity index (χ4n) is 2.70. The van der Waals surface area contributed by atoms with Crippen LogP contribution in [0.3, 0.4) is 0 Å². The first-order chi connectivity index (χ1) is 16.6. The van der Waals surface area contributed by atoms with Crippen LogP contribution in [-0.4, -0.2) is 30.6 Å². The summed E-state index contributed by atoms with van der Waals surface area (Å²) in [6.45, 7) is 1.54. The van der Waals surface area contributed by atoms with Gasteiger partial charge >= 0.3 is 24.0 Å². The fourth-order valence-corrected chi connectivity index (χ4v) is 2.70. The second-order valence-corrected chi connectivity index (χ2v) is 6.90. The summed E-state index contributed by atoms with van der Waals surface area (Å²) in [4.78, 5) is 36.1. The van der Waals surface area contributed by atoms with E-state index in [1.807, 2.05) is 0 Å². The van der Waals surface area contributed by atoms with Gasteiger partial charge in [0, 0.05) is 11.3 Å². The number of nitrogens with one attached hydrogen (secondary N) is 2. The van der Waals surface area contributed by atoms with Gasteiger partial charge < -0.3 is 19.2 Å². The molecule has 2 amide bonds. The molecule has 0 spiro atoms. The van der Waals surface area contributed by atoms with Crippen LogP contribution in [0.25, 0.3) is 0 Å². The Bertz CT molecular complexity index is 1250. The van der Waals surface area contributed by atoms with E-state index in [2.05, 4.69) is 15.8 Å². The highest BCUT2D eigenvalue weighted by atomic mass is 19.4. The standard InChI is InChI=1S/C23H18F3N3O6/c1-13(14-5-10-17(19(12-14)33-2)35-22(32)18-4-3-11-34-18)28-29-21(31)20(30)27-16-8-6-15(7-9-16)23(24,25)26/h3-12H,1-2H3,(H,27,30)(H,29,31)/b28-13+. The van der Waals surface area contributed by atoms with Crippen molar-refractivity contribution >= 4 is 29.2 Å². The molecule has 3 rings (SSSR count). The lowest BCUT2D eigenvalue weighted by atomic mass is 10.1. The Labute approximate surface area is 196 Å². The van der Waals surface area contributed by atoms with Crippen LogP contribution in [0, 0.1) is 0 Å². The van der Waals surface area contributed by atoms with E-state index in [0.717, 1.165) is 24.3 Å². The molecule has 12 heteroatoms. The number of esters is 1. The maximum absolute atomic E-state index is 12.6. The van der Waals surface area contributed by atoms with Gasteiger partial charge in [-0.25, -0.2) is 10.2 Å². The van der Waals surface area contributed by atoms with Crippen LogP contribution in [0.15, 0.2) is 70.4 Å². The van der Waals surface area contributed by atoms with Gasteiger partial charge in [0.2, 0.25) is 5.76 Å². The Balaban J connectivity index is 1.62. The van der Waals surface area contributed by atoms with Crippen LogP contribution in [0.2, 0.25) is 0 Å². The van der Waals surface area contributed by atoms with Gasteiger partial charge in [0.25, 0.3) is 0 Å². The maximum atomic E-state index is 12.6. The second-order valence-electron chi connectivity index (χ2n) is 6.90. The van der Waals surface area contributed by atoms with E-state index < -0.39 is 29.5 Å². The summed E-state index contributed by atoms with van der Waals surface area (Å²) in [5, 5.41) is 6.01. The quantitative estimate of drug-likeness (QED) is 0.178. The zero-order valence-electron chi connectivity index (χ0n) is 18.3. The number of carbonyl (C=O) groups excluding carboxylic acids is 3. The molecule has 0 radical (unpaired) electrons. The monoisotopic (exact) mass is 489 g/mol. The van der Waals surface area contributed by atoms with Crippen LogP contribution in [0.5, 0.6) is 11.5 Å². The third-order valence-corrected chi connectivity index (χ3v) is 4.51. The fraction of sp³-hybridized carbons (Fsp3) is 0.130. The number of halogens is 3. The molecule has 2 N–H and O–H groups in total. The van der Waals surface area contributed by atoms with Gasteiger partial charge in [-0.05, 0) is 61.5 Å². The minimum Gasteiger partial charge on any atom is -0.493 e. The molecule has 0 saturated carbocycles. The number of hydrogen-bond donors (Lipinski definition) is 2. The molecule has 0 bridgehead atoms. The van der Waals surface area contributed by atoms with Crippen molar-refractivity contribution in [1.29, 1.82) is 0 Å². The molecule has 182 valence electrons. The lowest BCUT2D eigenvalue weighted by molar-refractivity contribution is -0.137. The number of ether oxygens (including phenoxy) is 2. The number of furan rings is 1. The number of nitrogens with zero attached hydrogens (tertiary/aromatic N) is 1. The van der Waals surface area contributed by atoms with Crippen LogP contribution in [-0.2, 0) is 15.8 Å². The van der Waals surface area contributed by atoms with Gasteiger partial charge in [-0.1, -0.05) is 0 Å². The summed E-state index contributed by atoms with van der Waals surface area (Å²) in [6, 6.07) is 11.1. The first-order valence-electron chi connectivity index (χ1n) is 9.85. The third-order valence-electron chi connectivity index (χ3n) is 4.51. The number of amides is 2. The van der Waals surface area contributed by atoms with Crippen molar-refractivity contribution in [2.24, 2.45) is 5.10 Å². The van der Waals surface area contributed by atoms with Crippen LogP contribution >= 0.6 is 0 Å². The van der Waals surface area contributed by atoms with E-state index in [-0.39, 0.29) is 28.7 Å². The number of rotatable bonds is 6. The first-order valence-corrected chi connectivity index (χ1v) is 9.85. The number of hydrogen-bond acceptors (Lipinski definition) is 7. The maximum Gasteiger partial charge on any atom is 0.416 e. The number of alkyl halides is 3. The predicted molar refractivity (Wildman–Crippen MR) is 117 cm³/mol. The molecule has 0 fully saturated rings. The zero-order chi connectivity index (χ0) is 25.6. The lowest BCUT2D eigenvalue weighted by Crippen LogP contribution is -2.33. The van der Waals surface area contributed by atoms with Crippen LogP contribution in [0.1, 0.15) is 28.6 Å². The van der Waals surface area contributed by atoms with Gasteiger partial charge in [-0.3, -0.25) is 9.59 Å². The van der Waals surface area contributed by atoms with E-state index >= 15 is 0 Å². The van der Waals surface area contributed by atoms with Gasteiger partial charge in [-0.15, -0.1) is 0 Å². The summed E-state index contributed by atoms with van der Waals surface area (Å²) >= 11 is 0. The third kappa shape index (κ3) is 6.47. The molecule has 2 aromatic carbocycles. The Kier molecular flexibility index (Phi) is 7.54. The topological polar surface area (TPSA) is 119 Å². The molecule has 0 aliphatic rings. The van der Waals surface area contributed by atoms with Crippen molar-refractivity contribution in [3.63, 3.8) is 0 Å². The largest absolute Gasteiger partial charge is 0.493 e. The van der Waals surface area contributed by atoms with Crippen molar-refractivity contribution in [2.45, 2.75) is 13.1 Å². The van der Waals surface area contributed by atoms with Gasteiger partial charge in [-0.2, -0.15) is 18.3 Å². The van der Waals surface area contributed by atoms with E-state index in [4.69, 9.17) is 13.9 Å². The molecule has 35 heavy (non-hydrogen) atoms. The molecule has 0 unspecified atom stereocenters. The molecule has 0 aliphatic carbocycles. The van der Waals surface area contributed by atoms with E-state index in [1.165, 1.54) is 44.6 Å². The van der Waals surface area contributed by atoms with Crippen LogP contribution < -0.4 is 20.2 Å². The first kappa shape index (κ1) is 25.0. The van der Waals surface area contributed by atoms with E-state index in [9.17, 15) is 27.6 Å². The average Bonchev–Trinajstić information content (AvgIpc) is 3.37. The summed E-state index contributed by atoms with van der Waals surface area (Å²) in [5.41, 5.74) is 1.93. The molecule has 0 aliphatic heterocycles. The minimum atomic E-state index is -4.52. The van der Waals surface area contributed by atoms with Crippen molar-refractivity contribution in [2.75, 3.05) is 12.4 Å². The smallest absolute Gasteiger partial charge is 0.416 e. The van der Waals surface area contributed by atoms with Crippen molar-refractivity contribution in [1.82, 2.24) is 5.43 Å². The Morgan fingerprint density at radius 1 is 0.971 bits per heavy atom. The number of anilines is 1. The summed E-state index contributed by atoms with van der Waals surface area (Å²) in [6.07, 6.45) is -3.19. The molecule has 1 heterocycles. The van der Waals surface area contributed by atoms with Crippen LogP contribution in [0.4, 0.5) is 18.9 Å². The zero-order valence-corrected chi connectivity index (χ0v) is 18.3. The van der Waals surface area contributed by atoms with Gasteiger partial charge in [0.15, 0.2) is 11.5 Å². The molecule has 1 aromatic heterocycles. The molecule has 0 saturated heterocycles. The highest BCUT2D eigenvalue weighted by molar-refractivity contribution is 6.39. The Morgan fingerprint density at radius 2 is 1.69 bits per heavy atom. The van der Waals surface area contributed by atoms with Crippen molar-refractivity contribution < 1.29 is 41.4 Å². The molecule has 9 nitrogen and oxygen atoms in total. The summed E-state index contributed by atoms with van der Waals surface area (Å²) < 4.78 is 53.3. The Morgan fingerprint density at radius 3 is 2.29 bits per heavy atom. The molecular weight excluding hydrogens is 471 g/mol. The summed E-state index contributed by atoms with van der Waals surface area (Å²) in [5.74, 6) is -2.67. The number of hydrazone groups is 1. The van der Waals surface area contributed by atoms with Gasteiger partial charge in [0.05, 0.1) is 24.6 Å². The SMILES string of the molecule is COc1cc(/C(C)=N/NC(=O)C(=O)Nc2ccc(C(F)(F)F)cc2)ccc1OC(=O)c1ccco1. The van der Waals surface area contributed by atoms with Crippen molar-refractivity contribution in [3.8, 4) is 11.5 Å². The molecule has 3 aromatic rings. The lowest BCUT2D eigenvalue weighted by Gasteiger charge is -2.10. The highest BCUT2D eigenvalue weighted by Crippen LogP contribution is 2.30. The van der Waals surface area contributed by atoms with E-state index in [0.29, 0.717) is 5.56 Å². The van der Waals surface area contributed by atoms with Gasteiger partial charge in [0.1, 0.15) is 0 Å². The van der Waals surface area contributed by atoms with Crippen molar-refractivity contribution in [3.05, 3.63) is 77.7 Å². The predicted octanol–water partition coefficient (Wildman–Crippen LogP) is 4.01. The normalized spacial score (nSPS) is 11.5. The molecule has 0 atom stereocenters. The van der Waals surface area contributed by atoms with E-state index in [1.54, 1.807) is 6.07 Å². The second kappa shape index (κ2) is 10.5. The Hall–Kier alpha value is -4.61.